The van der Waals surface area contributed by atoms with Crippen molar-refractivity contribution in [1.82, 2.24) is 0 Å². The van der Waals surface area contributed by atoms with Gasteiger partial charge >= 0.3 is 0 Å². The van der Waals surface area contributed by atoms with Crippen LogP contribution in [-0.4, -0.2) is 19.1 Å². The van der Waals surface area contributed by atoms with Crippen LogP contribution in [0.5, 0.6) is 0 Å². The molecule has 4 nitrogen and oxygen atoms in total. The average molecular weight is 282 g/mol. The maximum atomic E-state index is 11.5. The fourth-order valence-electron chi connectivity index (χ4n) is 1.81. The Hall–Kier alpha value is -1.81. The highest BCUT2D eigenvalue weighted by Gasteiger charge is 2.16. The number of benzene rings is 1. The molecule has 1 aromatic heterocycles. The Kier molecular flexibility index (Phi) is 5.12. The van der Waals surface area contributed by atoms with E-state index in [1.165, 1.54) is 13.8 Å². The van der Waals surface area contributed by atoms with Crippen LogP contribution in [0.3, 0.4) is 0 Å². The summed E-state index contributed by atoms with van der Waals surface area (Å²) in [6.45, 7) is 4.79. The Morgan fingerprint density at radius 1 is 1.42 bits per heavy atom. The van der Waals surface area contributed by atoms with Crippen molar-refractivity contribution in [3.05, 3.63) is 28.5 Å². The number of carbonyl (C=O) groups excluding carboxylic acids is 2. The normalized spacial score (nSPS) is 9.74. The third kappa shape index (κ3) is 3.15. The van der Waals surface area contributed by atoms with E-state index in [9.17, 15) is 4.79 Å². The summed E-state index contributed by atoms with van der Waals surface area (Å²) in [5.41, 5.74) is 1.91. The van der Waals surface area contributed by atoms with Crippen molar-refractivity contribution < 1.29 is 14.0 Å². The van der Waals surface area contributed by atoms with E-state index >= 15 is 0 Å². The Balaban J connectivity index is 0.000000550. The van der Waals surface area contributed by atoms with E-state index < -0.39 is 0 Å². The molecule has 0 aliphatic carbocycles. The lowest BCUT2D eigenvalue weighted by atomic mass is 10.1. The summed E-state index contributed by atoms with van der Waals surface area (Å²) in [6, 6.07) is 3.51. The summed E-state index contributed by atoms with van der Waals surface area (Å²) >= 11 is 6.11. The van der Waals surface area contributed by atoms with Crippen molar-refractivity contribution in [2.75, 3.05) is 12.4 Å². The minimum atomic E-state index is -0.0519. The number of anilines is 1. The maximum absolute atomic E-state index is 11.5. The number of hydrogen-bond acceptors (Lipinski definition) is 4. The average Bonchev–Trinajstić information content (AvgIpc) is 2.70. The van der Waals surface area contributed by atoms with Crippen molar-refractivity contribution in [2.45, 2.75) is 20.8 Å². The standard InChI is InChI=1S/C12H12ClNO2.C2H4O/c1-6-4-9-11(14-3)10(13)5-8(7(2)15)12(9)16-6;1-2-3/h4-5,14H,1-3H3;2H,1H3. The highest BCUT2D eigenvalue weighted by molar-refractivity contribution is 6.35. The van der Waals surface area contributed by atoms with E-state index in [2.05, 4.69) is 5.32 Å². The number of fused-ring (bicyclic) bond motifs is 1. The van der Waals surface area contributed by atoms with Crippen LogP contribution in [0.15, 0.2) is 16.5 Å². The van der Waals surface area contributed by atoms with Crippen LogP contribution < -0.4 is 5.32 Å². The quantitative estimate of drug-likeness (QED) is 0.671. The minimum Gasteiger partial charge on any atom is -0.461 e. The van der Waals surface area contributed by atoms with E-state index in [0.29, 0.717) is 16.2 Å². The number of carbonyl (C=O) groups is 2. The fraction of sp³-hybridized carbons (Fsp3) is 0.286. The van der Waals surface area contributed by atoms with Gasteiger partial charge in [0.1, 0.15) is 17.6 Å². The molecule has 0 unspecified atom stereocenters. The van der Waals surface area contributed by atoms with Gasteiger partial charge in [0, 0.05) is 12.4 Å². The second-order valence-corrected chi connectivity index (χ2v) is 4.33. The number of rotatable bonds is 2. The van der Waals surface area contributed by atoms with Crippen molar-refractivity contribution in [2.24, 2.45) is 0 Å². The molecule has 0 amide bonds. The number of aldehydes is 1. The van der Waals surface area contributed by atoms with Gasteiger partial charge in [-0.1, -0.05) is 11.6 Å². The first-order valence-corrected chi connectivity index (χ1v) is 6.15. The van der Waals surface area contributed by atoms with Crippen LogP contribution in [-0.2, 0) is 4.79 Å². The number of Topliss-reactive ketones (excluding diaryl/α,β-unsaturated/α-hetero) is 1. The van der Waals surface area contributed by atoms with Crippen molar-refractivity contribution in [3.63, 3.8) is 0 Å². The lowest BCUT2D eigenvalue weighted by Crippen LogP contribution is -1.96. The van der Waals surface area contributed by atoms with Crippen molar-refractivity contribution in [1.29, 1.82) is 0 Å². The van der Waals surface area contributed by atoms with Crippen LogP contribution in [0.4, 0.5) is 5.69 Å². The van der Waals surface area contributed by atoms with Gasteiger partial charge in [-0.3, -0.25) is 4.79 Å². The monoisotopic (exact) mass is 281 g/mol. The Labute approximate surface area is 116 Å². The lowest BCUT2D eigenvalue weighted by molar-refractivity contribution is -0.106. The van der Waals surface area contributed by atoms with Crippen molar-refractivity contribution in [3.8, 4) is 0 Å². The van der Waals surface area contributed by atoms with Gasteiger partial charge in [0.05, 0.1) is 16.3 Å². The molecule has 0 atom stereocenters. The SMILES string of the molecule is CC=O.CNc1c(Cl)cc(C(C)=O)c2oc(C)cc12. The number of hydrogen-bond donors (Lipinski definition) is 1. The molecule has 0 aliphatic heterocycles. The zero-order valence-corrected chi connectivity index (χ0v) is 12.1. The maximum Gasteiger partial charge on any atom is 0.163 e. The smallest absolute Gasteiger partial charge is 0.163 e. The fourth-order valence-corrected chi connectivity index (χ4v) is 2.11. The largest absolute Gasteiger partial charge is 0.461 e. The Morgan fingerprint density at radius 3 is 2.47 bits per heavy atom. The molecule has 0 aliphatic rings. The highest BCUT2D eigenvalue weighted by Crippen LogP contribution is 2.35. The number of halogens is 1. The van der Waals surface area contributed by atoms with Gasteiger partial charge < -0.3 is 14.5 Å². The van der Waals surface area contributed by atoms with Crippen LogP contribution in [0.2, 0.25) is 5.02 Å². The molecule has 0 spiro atoms. The van der Waals surface area contributed by atoms with Gasteiger partial charge in [-0.25, -0.2) is 0 Å². The molecule has 1 aromatic carbocycles. The van der Waals surface area contributed by atoms with Gasteiger partial charge in [-0.05, 0) is 32.9 Å². The third-order valence-corrected chi connectivity index (χ3v) is 2.81. The van der Waals surface area contributed by atoms with Crippen LogP contribution >= 0.6 is 11.6 Å². The van der Waals surface area contributed by atoms with E-state index in [4.69, 9.17) is 20.8 Å². The molecule has 0 bridgehead atoms. The van der Waals surface area contributed by atoms with E-state index in [1.807, 2.05) is 13.0 Å². The van der Waals surface area contributed by atoms with E-state index in [0.717, 1.165) is 23.1 Å². The molecule has 0 fully saturated rings. The molecule has 0 radical (unpaired) electrons. The minimum absolute atomic E-state index is 0.0519. The Morgan fingerprint density at radius 2 is 2.00 bits per heavy atom. The Bertz CT molecular complexity index is 617. The zero-order chi connectivity index (χ0) is 14.6. The van der Waals surface area contributed by atoms with Gasteiger partial charge in [0.2, 0.25) is 0 Å². The highest BCUT2D eigenvalue weighted by atomic mass is 35.5. The first-order valence-electron chi connectivity index (χ1n) is 5.77. The summed E-state index contributed by atoms with van der Waals surface area (Å²) in [4.78, 5) is 20.3. The van der Waals surface area contributed by atoms with Gasteiger partial charge in [-0.2, -0.15) is 0 Å². The van der Waals surface area contributed by atoms with Gasteiger partial charge in [0.25, 0.3) is 0 Å². The summed E-state index contributed by atoms with van der Waals surface area (Å²) in [5, 5.41) is 4.39. The summed E-state index contributed by atoms with van der Waals surface area (Å²) < 4.78 is 5.54. The molecular formula is C14H16ClNO3. The first-order chi connectivity index (χ1) is 8.96. The van der Waals surface area contributed by atoms with Crippen LogP contribution in [0.1, 0.15) is 30.0 Å². The van der Waals surface area contributed by atoms with Crippen molar-refractivity contribution >= 4 is 40.3 Å². The van der Waals surface area contributed by atoms with E-state index in [1.54, 1.807) is 13.1 Å². The topological polar surface area (TPSA) is 59.3 Å². The molecular weight excluding hydrogens is 266 g/mol. The molecule has 19 heavy (non-hydrogen) atoms. The number of ketones is 1. The molecule has 2 rings (SSSR count). The molecule has 0 saturated heterocycles. The van der Waals surface area contributed by atoms with Gasteiger partial charge in [0.15, 0.2) is 5.78 Å². The molecule has 2 aromatic rings. The summed E-state index contributed by atoms with van der Waals surface area (Å²) in [5.74, 6) is 0.708. The predicted octanol–water partition coefficient (Wildman–Crippen LogP) is 3.84. The summed E-state index contributed by atoms with van der Waals surface area (Å²) in [6.07, 6.45) is 0.750. The second kappa shape index (κ2) is 6.38. The van der Waals surface area contributed by atoms with Crippen LogP contribution in [0, 0.1) is 6.92 Å². The second-order valence-electron chi connectivity index (χ2n) is 3.92. The number of furan rings is 1. The molecule has 1 N–H and O–H groups in total. The number of aryl methyl sites for hydroxylation is 1. The number of nitrogens with one attached hydrogen (secondary N) is 1. The lowest BCUT2D eigenvalue weighted by Gasteiger charge is -2.06. The van der Waals surface area contributed by atoms with E-state index in [-0.39, 0.29) is 5.78 Å². The predicted molar refractivity (Wildman–Crippen MR) is 77.3 cm³/mol. The first kappa shape index (κ1) is 15.2. The zero-order valence-electron chi connectivity index (χ0n) is 11.3. The molecule has 1 heterocycles. The molecule has 5 heteroatoms. The third-order valence-electron chi connectivity index (χ3n) is 2.51. The van der Waals surface area contributed by atoms with Gasteiger partial charge in [-0.15, -0.1) is 0 Å². The summed E-state index contributed by atoms with van der Waals surface area (Å²) in [7, 11) is 1.79. The molecule has 0 saturated carbocycles. The van der Waals surface area contributed by atoms with Crippen LogP contribution in [0.25, 0.3) is 11.0 Å². The molecule has 102 valence electrons.